The van der Waals surface area contributed by atoms with Gasteiger partial charge in [-0.15, -0.1) is 0 Å². The summed E-state index contributed by atoms with van der Waals surface area (Å²) in [5.41, 5.74) is 3.70. The van der Waals surface area contributed by atoms with Crippen LogP contribution < -0.4 is 15.1 Å². The summed E-state index contributed by atoms with van der Waals surface area (Å²) in [6, 6.07) is 22.7. The van der Waals surface area contributed by atoms with E-state index >= 15 is 0 Å². The van der Waals surface area contributed by atoms with Crippen LogP contribution in [0.3, 0.4) is 0 Å². The van der Waals surface area contributed by atoms with E-state index in [0.29, 0.717) is 17.2 Å². The van der Waals surface area contributed by atoms with Gasteiger partial charge in [-0.1, -0.05) is 126 Å². The Morgan fingerprint density at radius 3 is 2.07 bits per heavy atom. The molecule has 0 spiro atoms. The molecule has 0 radical (unpaired) electrons. The minimum absolute atomic E-state index is 0.0327. The van der Waals surface area contributed by atoms with Crippen molar-refractivity contribution in [1.29, 1.82) is 0 Å². The van der Waals surface area contributed by atoms with Gasteiger partial charge in [0.1, 0.15) is 25.2 Å². The largest absolute Gasteiger partial charge is 0.458 e. The minimum atomic E-state index is -4.02. The van der Waals surface area contributed by atoms with Crippen molar-refractivity contribution < 1.29 is 17.3 Å². The highest BCUT2D eigenvalue weighted by atomic mass is 32.2. The Balaban J connectivity index is 1.75. The Kier molecular flexibility index (Phi) is 10.1. The monoisotopic (exact) mass is 600 g/mol. The maximum Gasteiger partial charge on any atom is 0.297 e. The maximum absolute atomic E-state index is 14.0. The molecule has 0 bridgehead atoms. The van der Waals surface area contributed by atoms with Crippen LogP contribution in [-0.4, -0.2) is 23.8 Å². The highest BCUT2D eigenvalue weighted by Gasteiger charge is 2.33. The first-order chi connectivity index (χ1) is 19.9. The van der Waals surface area contributed by atoms with Gasteiger partial charge < -0.3 is 4.74 Å². The molecule has 0 saturated carbocycles. The standard InChI is InChI=1S/C36H44O4SSi/c1-24(2)18-19-33-35(42(29-14-10-9-11-15-29)34-17-13-12-16-32(34)40-33)20-21-39-41(37,38)36-30(26(5)6)22-28(25(3)4)23-31(36)27(7)8/h9-19,22-23,25-27,42H,1,20-21H2,2-8H3/b19-18-. The summed E-state index contributed by atoms with van der Waals surface area (Å²) >= 11 is 0. The zero-order valence-electron chi connectivity index (χ0n) is 26.0. The van der Waals surface area contributed by atoms with E-state index < -0.39 is 18.9 Å². The molecule has 3 aromatic rings. The van der Waals surface area contributed by atoms with Crippen molar-refractivity contribution in [2.45, 2.75) is 77.5 Å². The number of allylic oxidation sites excluding steroid dienone is 3. The number of hydrogen-bond acceptors (Lipinski definition) is 4. The highest BCUT2D eigenvalue weighted by Crippen LogP contribution is 2.36. The number of benzene rings is 3. The average molecular weight is 601 g/mol. The summed E-state index contributed by atoms with van der Waals surface area (Å²) in [6.07, 6.45) is 4.34. The summed E-state index contributed by atoms with van der Waals surface area (Å²) in [5, 5.41) is 3.54. The van der Waals surface area contributed by atoms with Crippen LogP contribution >= 0.6 is 0 Å². The summed E-state index contributed by atoms with van der Waals surface area (Å²) < 4.78 is 40.3. The van der Waals surface area contributed by atoms with Gasteiger partial charge in [-0.05, 0) is 70.3 Å². The number of ether oxygens (including phenoxy) is 1. The van der Waals surface area contributed by atoms with Crippen LogP contribution in [-0.2, 0) is 14.3 Å². The third kappa shape index (κ3) is 7.05. The number of hydrogen-bond donors (Lipinski definition) is 0. The van der Waals surface area contributed by atoms with Crippen molar-refractivity contribution in [3.05, 3.63) is 119 Å². The zero-order chi connectivity index (χ0) is 30.6. The number of para-hydroxylation sites is 1. The normalized spacial score (nSPS) is 15.5. The molecule has 42 heavy (non-hydrogen) atoms. The first kappa shape index (κ1) is 31.7. The van der Waals surface area contributed by atoms with Gasteiger partial charge in [-0.3, -0.25) is 4.18 Å². The fourth-order valence-corrected chi connectivity index (χ4v) is 10.4. The lowest BCUT2D eigenvalue weighted by Gasteiger charge is -2.29. The van der Waals surface area contributed by atoms with E-state index in [1.165, 1.54) is 10.4 Å². The summed E-state index contributed by atoms with van der Waals surface area (Å²) in [6.45, 7) is 18.4. The first-order valence-corrected chi connectivity index (χ1v) is 18.0. The SMILES string of the molecule is C=C(C)/C=C\C1=C(CCOS(=O)(=O)c2c(C(C)C)cc(C(C)C)cc2C(C)C)[SiH](c2ccccc2)c2ccccc2O1. The topological polar surface area (TPSA) is 52.6 Å². The van der Waals surface area contributed by atoms with Gasteiger partial charge in [0.15, 0.2) is 0 Å². The molecule has 1 unspecified atom stereocenters. The highest BCUT2D eigenvalue weighted by molar-refractivity contribution is 7.86. The molecule has 222 valence electrons. The van der Waals surface area contributed by atoms with Crippen LogP contribution in [0.15, 0.2) is 107 Å². The van der Waals surface area contributed by atoms with Gasteiger partial charge in [0.2, 0.25) is 0 Å². The van der Waals surface area contributed by atoms with Crippen molar-refractivity contribution >= 4 is 29.3 Å². The lowest BCUT2D eigenvalue weighted by molar-refractivity contribution is 0.319. The summed E-state index contributed by atoms with van der Waals surface area (Å²) in [4.78, 5) is 0.329. The zero-order valence-corrected chi connectivity index (χ0v) is 27.9. The van der Waals surface area contributed by atoms with Crippen LogP contribution in [0.25, 0.3) is 0 Å². The maximum atomic E-state index is 14.0. The third-order valence-electron chi connectivity index (χ3n) is 7.71. The van der Waals surface area contributed by atoms with Gasteiger partial charge in [0.05, 0.1) is 6.61 Å². The Bertz CT molecular complexity index is 1570. The van der Waals surface area contributed by atoms with Crippen molar-refractivity contribution in [3.8, 4) is 5.75 Å². The molecule has 1 atom stereocenters. The van der Waals surface area contributed by atoms with E-state index in [-0.39, 0.29) is 18.4 Å². The smallest absolute Gasteiger partial charge is 0.297 e. The van der Waals surface area contributed by atoms with Crippen molar-refractivity contribution in [2.24, 2.45) is 0 Å². The van der Waals surface area contributed by atoms with Gasteiger partial charge in [0.25, 0.3) is 10.1 Å². The lowest BCUT2D eigenvalue weighted by atomic mass is 9.89. The molecule has 1 aliphatic heterocycles. The Hall–Kier alpha value is -3.19. The molecule has 0 aliphatic carbocycles. The van der Waals surface area contributed by atoms with Crippen LogP contribution in [0.2, 0.25) is 0 Å². The molecule has 6 heteroatoms. The van der Waals surface area contributed by atoms with Crippen LogP contribution in [0.4, 0.5) is 0 Å². The first-order valence-electron chi connectivity index (χ1n) is 14.9. The third-order valence-corrected chi connectivity index (χ3v) is 12.6. The second-order valence-electron chi connectivity index (χ2n) is 12.1. The molecule has 0 saturated heterocycles. The van der Waals surface area contributed by atoms with E-state index in [1.807, 2.05) is 83.2 Å². The van der Waals surface area contributed by atoms with Gasteiger partial charge in [0, 0.05) is 0 Å². The molecule has 0 fully saturated rings. The fourth-order valence-electron chi connectivity index (χ4n) is 5.48. The van der Waals surface area contributed by atoms with Crippen LogP contribution in [0, 0.1) is 0 Å². The van der Waals surface area contributed by atoms with Crippen molar-refractivity contribution in [3.63, 3.8) is 0 Å². The second-order valence-corrected chi connectivity index (χ2v) is 16.5. The van der Waals surface area contributed by atoms with E-state index in [9.17, 15) is 8.42 Å². The Morgan fingerprint density at radius 2 is 1.50 bits per heavy atom. The van der Waals surface area contributed by atoms with Crippen LogP contribution in [0.5, 0.6) is 5.75 Å². The molecular weight excluding hydrogens is 557 g/mol. The molecule has 0 N–H and O–H groups in total. The molecule has 4 rings (SSSR count). The quantitative estimate of drug-likeness (QED) is 0.130. The molecule has 4 nitrogen and oxygen atoms in total. The average Bonchev–Trinajstić information content (AvgIpc) is 2.95. The van der Waals surface area contributed by atoms with Crippen molar-refractivity contribution in [2.75, 3.05) is 6.61 Å². The van der Waals surface area contributed by atoms with E-state index in [1.54, 1.807) is 0 Å². The van der Waals surface area contributed by atoms with Gasteiger partial charge in [-0.2, -0.15) is 8.42 Å². The predicted octanol–water partition coefficient (Wildman–Crippen LogP) is 7.51. The number of fused-ring (bicyclic) bond motifs is 1. The van der Waals surface area contributed by atoms with Crippen LogP contribution in [0.1, 0.15) is 89.3 Å². The predicted molar refractivity (Wildman–Crippen MR) is 177 cm³/mol. The molecule has 3 aromatic carbocycles. The molecule has 0 amide bonds. The summed E-state index contributed by atoms with van der Waals surface area (Å²) in [7, 11) is -5.97. The van der Waals surface area contributed by atoms with E-state index in [2.05, 4.69) is 50.8 Å². The molecule has 0 aromatic heterocycles. The van der Waals surface area contributed by atoms with Gasteiger partial charge >= 0.3 is 0 Å². The lowest BCUT2D eigenvalue weighted by Crippen LogP contribution is -2.48. The van der Waals surface area contributed by atoms with E-state index in [0.717, 1.165) is 39.0 Å². The van der Waals surface area contributed by atoms with Gasteiger partial charge in [-0.25, -0.2) is 0 Å². The fraction of sp³-hybridized carbons (Fsp3) is 0.333. The van der Waals surface area contributed by atoms with E-state index in [4.69, 9.17) is 8.92 Å². The molecule has 1 heterocycles. The molecular formula is C36H44O4SSi. The Labute approximate surface area is 254 Å². The summed E-state index contributed by atoms with van der Waals surface area (Å²) in [5.74, 6) is 1.98. The number of rotatable bonds is 11. The minimum Gasteiger partial charge on any atom is -0.458 e. The second kappa shape index (κ2) is 13.4. The van der Waals surface area contributed by atoms with Crippen molar-refractivity contribution in [1.82, 2.24) is 0 Å². The Morgan fingerprint density at radius 1 is 0.905 bits per heavy atom. The molecule has 1 aliphatic rings.